The minimum Gasteiger partial charge on any atom is -0.298 e. The van der Waals surface area contributed by atoms with Crippen molar-refractivity contribution in [2.45, 2.75) is 62.3 Å². The number of nitrogens with zero attached hydrogens (tertiary/aromatic N) is 2. The van der Waals surface area contributed by atoms with Crippen LogP contribution in [0.3, 0.4) is 0 Å². The van der Waals surface area contributed by atoms with Crippen LogP contribution in [0.1, 0.15) is 49.5 Å². The van der Waals surface area contributed by atoms with E-state index < -0.39 is 0 Å². The summed E-state index contributed by atoms with van der Waals surface area (Å²) >= 11 is 9.20. The number of carbonyl (C=O) groups is 1. The lowest BCUT2D eigenvalue weighted by molar-refractivity contribution is -0.119. The number of aryl methyl sites for hydroxylation is 1. The minimum atomic E-state index is -0.128. The molecule has 2 heterocycles. The number of hydrogen-bond donors (Lipinski definition) is 0. The molecule has 4 nitrogen and oxygen atoms in total. The maximum absolute atomic E-state index is 13.8. The monoisotopic (exact) mass is 458 g/mol. The van der Waals surface area contributed by atoms with Crippen molar-refractivity contribution in [1.82, 2.24) is 9.55 Å². The van der Waals surface area contributed by atoms with Crippen LogP contribution in [0.4, 0.5) is 0 Å². The molecule has 1 aromatic carbocycles. The summed E-state index contributed by atoms with van der Waals surface area (Å²) < 4.78 is 1.69. The van der Waals surface area contributed by atoms with E-state index in [-0.39, 0.29) is 16.6 Å². The smallest absolute Gasteiger partial charge is 0.267 e. The van der Waals surface area contributed by atoms with Crippen molar-refractivity contribution in [3.05, 3.63) is 50.1 Å². The number of rotatable bonds is 3. The molecule has 3 aromatic rings. The standard InChI is InChI=1S/C23H23ClN2O2S2/c1-13-6-11-16-19(12-13)29-21-20(16)22(28)26(15-9-7-14(24)8-10-15)23(25-21)30-18-5-3-2-4-17(18)27/h7-10,13,18H,2-6,11-12H2,1H3. The first-order valence-electron chi connectivity index (χ1n) is 10.5. The van der Waals surface area contributed by atoms with E-state index >= 15 is 0 Å². The van der Waals surface area contributed by atoms with Crippen LogP contribution < -0.4 is 5.56 Å². The molecular formula is C23H23ClN2O2S2. The fourth-order valence-electron chi connectivity index (χ4n) is 4.47. The van der Waals surface area contributed by atoms with Crippen molar-refractivity contribution in [3.63, 3.8) is 0 Å². The summed E-state index contributed by atoms with van der Waals surface area (Å²) in [7, 11) is 0. The largest absolute Gasteiger partial charge is 0.298 e. The van der Waals surface area contributed by atoms with E-state index in [1.54, 1.807) is 28.0 Å². The predicted octanol–water partition coefficient (Wildman–Crippen LogP) is 5.83. The lowest BCUT2D eigenvalue weighted by Gasteiger charge is -2.21. The number of carbonyl (C=O) groups excluding carboxylic acids is 1. The van der Waals surface area contributed by atoms with E-state index in [9.17, 15) is 9.59 Å². The van der Waals surface area contributed by atoms with Gasteiger partial charge in [-0.2, -0.15) is 0 Å². The van der Waals surface area contributed by atoms with Crippen LogP contribution in [0, 0.1) is 5.92 Å². The Balaban J connectivity index is 1.70. The van der Waals surface area contributed by atoms with Gasteiger partial charge in [-0.1, -0.05) is 36.7 Å². The molecule has 2 atom stereocenters. The van der Waals surface area contributed by atoms with Gasteiger partial charge in [-0.15, -0.1) is 11.3 Å². The van der Waals surface area contributed by atoms with Crippen LogP contribution in [0.2, 0.25) is 5.02 Å². The zero-order valence-corrected chi connectivity index (χ0v) is 19.2. The Labute approximate surface area is 188 Å². The first-order chi connectivity index (χ1) is 14.5. The van der Waals surface area contributed by atoms with Gasteiger partial charge in [0.2, 0.25) is 0 Å². The molecule has 1 fully saturated rings. The highest BCUT2D eigenvalue weighted by atomic mass is 35.5. The molecule has 5 rings (SSSR count). The lowest BCUT2D eigenvalue weighted by Crippen LogP contribution is -2.26. The second-order valence-electron chi connectivity index (χ2n) is 8.36. The van der Waals surface area contributed by atoms with Crippen molar-refractivity contribution in [1.29, 1.82) is 0 Å². The molecule has 0 saturated heterocycles. The number of Topliss-reactive ketones (excluding diaryl/α,β-unsaturated/α-hetero) is 1. The maximum Gasteiger partial charge on any atom is 0.267 e. The van der Waals surface area contributed by atoms with E-state index in [0.29, 0.717) is 22.5 Å². The minimum absolute atomic E-state index is 0.0277. The molecule has 0 radical (unpaired) electrons. The fraction of sp³-hybridized carbons (Fsp3) is 0.435. The highest BCUT2D eigenvalue weighted by Crippen LogP contribution is 2.38. The molecule has 156 valence electrons. The lowest BCUT2D eigenvalue weighted by atomic mass is 9.89. The molecule has 0 amide bonds. The molecule has 0 spiro atoms. The molecular weight excluding hydrogens is 436 g/mol. The second kappa shape index (κ2) is 8.13. The van der Waals surface area contributed by atoms with Crippen molar-refractivity contribution in [3.8, 4) is 5.69 Å². The van der Waals surface area contributed by atoms with E-state index in [1.807, 2.05) is 12.1 Å². The van der Waals surface area contributed by atoms with Gasteiger partial charge in [0, 0.05) is 16.3 Å². The summed E-state index contributed by atoms with van der Waals surface area (Å²) in [6, 6.07) is 7.28. The molecule has 2 aliphatic rings. The first kappa shape index (κ1) is 20.3. The van der Waals surface area contributed by atoms with Crippen LogP contribution in [-0.2, 0) is 17.6 Å². The summed E-state index contributed by atoms with van der Waals surface area (Å²) in [4.78, 5) is 33.3. The predicted molar refractivity (Wildman–Crippen MR) is 125 cm³/mol. The fourth-order valence-corrected chi connectivity index (χ4v) is 7.25. The molecule has 0 aliphatic heterocycles. The van der Waals surface area contributed by atoms with E-state index in [4.69, 9.17) is 16.6 Å². The zero-order valence-electron chi connectivity index (χ0n) is 16.8. The van der Waals surface area contributed by atoms with Crippen molar-refractivity contribution < 1.29 is 4.79 Å². The Hall–Kier alpha value is -1.63. The number of aromatic nitrogens is 2. The van der Waals surface area contributed by atoms with Crippen molar-refractivity contribution >= 4 is 50.7 Å². The van der Waals surface area contributed by atoms with Crippen LogP contribution in [0.15, 0.2) is 34.2 Å². The Bertz CT molecular complexity index is 1180. The normalized spacial score (nSPS) is 21.7. The second-order valence-corrected chi connectivity index (χ2v) is 11.1. The molecule has 2 aromatic heterocycles. The van der Waals surface area contributed by atoms with Crippen molar-refractivity contribution in [2.24, 2.45) is 5.92 Å². The molecule has 2 aliphatic carbocycles. The number of thiophene rings is 1. The number of benzene rings is 1. The third-order valence-corrected chi connectivity index (χ3v) is 8.80. The Morgan fingerprint density at radius 3 is 2.70 bits per heavy atom. The zero-order chi connectivity index (χ0) is 20.8. The third kappa shape index (κ3) is 3.63. The van der Waals surface area contributed by atoms with Gasteiger partial charge in [0.05, 0.1) is 16.3 Å². The summed E-state index contributed by atoms with van der Waals surface area (Å²) in [5, 5.41) is 1.87. The van der Waals surface area contributed by atoms with Gasteiger partial charge in [-0.05, 0) is 67.9 Å². The third-order valence-electron chi connectivity index (χ3n) is 6.13. The number of hydrogen-bond acceptors (Lipinski definition) is 5. The van der Waals surface area contributed by atoms with Gasteiger partial charge in [0.25, 0.3) is 5.56 Å². The van der Waals surface area contributed by atoms with Crippen LogP contribution in [0.25, 0.3) is 15.9 Å². The quantitative estimate of drug-likeness (QED) is 0.463. The molecule has 2 unspecified atom stereocenters. The average Bonchev–Trinajstić information content (AvgIpc) is 3.08. The SMILES string of the molecule is CC1CCc2c(sc3nc(SC4CCCCC4=O)n(-c4ccc(Cl)cc4)c(=O)c23)C1. The van der Waals surface area contributed by atoms with Gasteiger partial charge in [-0.3, -0.25) is 14.2 Å². The number of ketones is 1. The van der Waals surface area contributed by atoms with Gasteiger partial charge >= 0.3 is 0 Å². The summed E-state index contributed by atoms with van der Waals surface area (Å²) in [6.45, 7) is 2.27. The molecule has 1 saturated carbocycles. The first-order valence-corrected chi connectivity index (χ1v) is 12.6. The molecule has 0 bridgehead atoms. The van der Waals surface area contributed by atoms with E-state index in [0.717, 1.165) is 54.4 Å². The van der Waals surface area contributed by atoms with E-state index in [2.05, 4.69) is 6.92 Å². The highest BCUT2D eigenvalue weighted by Gasteiger charge is 2.28. The van der Waals surface area contributed by atoms with Gasteiger partial charge in [-0.25, -0.2) is 4.98 Å². The maximum atomic E-state index is 13.8. The van der Waals surface area contributed by atoms with Crippen molar-refractivity contribution in [2.75, 3.05) is 0 Å². The summed E-state index contributed by atoms with van der Waals surface area (Å²) in [5.74, 6) is 0.903. The molecule has 0 N–H and O–H groups in total. The van der Waals surface area contributed by atoms with E-state index in [1.165, 1.54) is 22.2 Å². The number of thioether (sulfide) groups is 1. The number of halogens is 1. The summed E-state index contributed by atoms with van der Waals surface area (Å²) in [5.41, 5.74) is 1.90. The van der Waals surface area contributed by atoms with Crippen LogP contribution in [0.5, 0.6) is 0 Å². The summed E-state index contributed by atoms with van der Waals surface area (Å²) in [6.07, 6.45) is 6.52. The van der Waals surface area contributed by atoms with Gasteiger partial charge in [0.1, 0.15) is 10.6 Å². The highest BCUT2D eigenvalue weighted by molar-refractivity contribution is 8.00. The Kier molecular flexibility index (Phi) is 5.50. The Morgan fingerprint density at radius 2 is 1.93 bits per heavy atom. The Morgan fingerprint density at radius 1 is 1.13 bits per heavy atom. The van der Waals surface area contributed by atoms with Crippen LogP contribution in [-0.4, -0.2) is 20.6 Å². The molecule has 7 heteroatoms. The van der Waals surface area contributed by atoms with Crippen LogP contribution >= 0.6 is 34.7 Å². The molecule has 30 heavy (non-hydrogen) atoms. The number of fused-ring (bicyclic) bond motifs is 3. The average molecular weight is 459 g/mol. The van der Waals surface area contributed by atoms with Gasteiger partial charge < -0.3 is 0 Å². The van der Waals surface area contributed by atoms with Gasteiger partial charge in [0.15, 0.2) is 5.16 Å². The topological polar surface area (TPSA) is 52.0 Å².